The molecule has 180 valence electrons. The average Bonchev–Trinajstić information content (AvgIpc) is 3.56. The lowest BCUT2D eigenvalue weighted by atomic mass is 10.2. The molecule has 1 N–H and O–H groups in total. The number of nitrogens with zero attached hydrogens (tertiary/aromatic N) is 3. The maximum atomic E-state index is 12.3. The second kappa shape index (κ2) is 10.5. The number of carbonyl (C=O) groups excluding carboxylic acids is 2. The normalized spacial score (nSPS) is 10.9. The van der Waals surface area contributed by atoms with Gasteiger partial charge in [-0.1, -0.05) is 36.4 Å². The Kier molecular flexibility index (Phi) is 6.59. The Bertz CT molecular complexity index is 1610. The lowest BCUT2D eigenvalue weighted by Crippen LogP contribution is -2.20. The number of benzene rings is 3. The van der Waals surface area contributed by atoms with Crippen molar-refractivity contribution in [3.8, 4) is 23.2 Å². The van der Waals surface area contributed by atoms with Crippen LogP contribution in [0.25, 0.3) is 34.2 Å². The van der Waals surface area contributed by atoms with Gasteiger partial charge in [-0.15, -0.1) is 0 Å². The van der Waals surface area contributed by atoms with Crippen molar-refractivity contribution >= 4 is 34.6 Å². The first-order valence-corrected chi connectivity index (χ1v) is 11.4. The number of furan rings is 1. The lowest BCUT2D eigenvalue weighted by molar-refractivity contribution is -0.142. The van der Waals surface area contributed by atoms with Crippen molar-refractivity contribution in [3.63, 3.8) is 0 Å². The summed E-state index contributed by atoms with van der Waals surface area (Å²) >= 11 is 0. The van der Waals surface area contributed by atoms with Gasteiger partial charge in [-0.3, -0.25) is 4.79 Å². The first-order chi connectivity index (χ1) is 18.1. The molecular weight excluding hydrogens is 468 g/mol. The highest BCUT2D eigenvalue weighted by molar-refractivity contribution is 5.95. The molecular formula is C29H20N4O4. The van der Waals surface area contributed by atoms with E-state index in [0.29, 0.717) is 28.3 Å². The summed E-state index contributed by atoms with van der Waals surface area (Å²) in [5.74, 6) is -0.616. The Morgan fingerprint density at radius 2 is 1.78 bits per heavy atom. The second-order valence-electron chi connectivity index (χ2n) is 8.04. The van der Waals surface area contributed by atoms with Crippen LogP contribution >= 0.6 is 0 Å². The van der Waals surface area contributed by atoms with Crippen molar-refractivity contribution in [1.29, 1.82) is 5.26 Å². The molecule has 0 atom stereocenters. The van der Waals surface area contributed by atoms with Crippen LogP contribution in [0, 0.1) is 11.3 Å². The summed E-state index contributed by atoms with van der Waals surface area (Å²) in [6, 6.07) is 27.5. The van der Waals surface area contributed by atoms with Crippen LogP contribution < -0.4 is 5.32 Å². The average molecular weight is 489 g/mol. The van der Waals surface area contributed by atoms with E-state index in [1.807, 2.05) is 66.7 Å². The number of fused-ring (bicyclic) bond motifs is 1. The van der Waals surface area contributed by atoms with Gasteiger partial charge in [0.25, 0.3) is 5.91 Å². The van der Waals surface area contributed by atoms with E-state index in [-0.39, 0.29) is 0 Å². The van der Waals surface area contributed by atoms with Gasteiger partial charge in [0, 0.05) is 28.9 Å². The van der Waals surface area contributed by atoms with E-state index >= 15 is 0 Å². The van der Waals surface area contributed by atoms with Gasteiger partial charge < -0.3 is 14.5 Å². The van der Waals surface area contributed by atoms with Crippen molar-refractivity contribution in [1.82, 2.24) is 9.78 Å². The highest BCUT2D eigenvalue weighted by Gasteiger charge is 2.15. The van der Waals surface area contributed by atoms with Gasteiger partial charge in [-0.2, -0.15) is 10.4 Å². The van der Waals surface area contributed by atoms with Crippen LogP contribution in [0.4, 0.5) is 5.69 Å². The molecule has 1 amide bonds. The highest BCUT2D eigenvalue weighted by Crippen LogP contribution is 2.30. The third-order valence-corrected chi connectivity index (χ3v) is 5.46. The van der Waals surface area contributed by atoms with Crippen molar-refractivity contribution in [2.24, 2.45) is 0 Å². The number of para-hydroxylation sites is 2. The van der Waals surface area contributed by atoms with Gasteiger partial charge in [-0.05, 0) is 54.6 Å². The molecule has 0 unspecified atom stereocenters. The minimum absolute atomic E-state index is 0.455. The monoisotopic (exact) mass is 488 g/mol. The van der Waals surface area contributed by atoms with E-state index in [4.69, 9.17) is 19.5 Å². The van der Waals surface area contributed by atoms with Crippen LogP contribution in [-0.2, 0) is 14.3 Å². The number of hydrogen-bond donors (Lipinski definition) is 1. The fraction of sp³-hybridized carbons (Fsp3) is 0.0345. The van der Waals surface area contributed by atoms with E-state index < -0.39 is 18.5 Å². The summed E-state index contributed by atoms with van der Waals surface area (Å²) in [5, 5.41) is 17.1. The fourth-order valence-electron chi connectivity index (χ4n) is 3.68. The molecule has 37 heavy (non-hydrogen) atoms. The molecule has 0 bridgehead atoms. The van der Waals surface area contributed by atoms with Gasteiger partial charge in [0.05, 0.1) is 17.3 Å². The Labute approximate surface area is 212 Å². The van der Waals surface area contributed by atoms with Crippen molar-refractivity contribution < 1.29 is 18.7 Å². The number of amides is 1. The van der Waals surface area contributed by atoms with E-state index in [1.165, 1.54) is 6.08 Å². The van der Waals surface area contributed by atoms with Crippen molar-refractivity contribution in [3.05, 3.63) is 108 Å². The smallest absolute Gasteiger partial charge is 0.331 e. The molecule has 0 spiro atoms. The number of hydrogen-bond acceptors (Lipinski definition) is 6. The molecule has 3 aromatic carbocycles. The van der Waals surface area contributed by atoms with Crippen LogP contribution in [0.1, 0.15) is 11.1 Å². The third kappa shape index (κ3) is 5.47. The van der Waals surface area contributed by atoms with Crippen LogP contribution in [0.3, 0.4) is 0 Å². The first-order valence-electron chi connectivity index (χ1n) is 11.4. The molecule has 5 aromatic rings. The molecule has 0 aliphatic heterocycles. The Morgan fingerprint density at radius 3 is 2.54 bits per heavy atom. The molecule has 0 fully saturated rings. The molecule has 8 nitrogen and oxygen atoms in total. The summed E-state index contributed by atoms with van der Waals surface area (Å²) in [4.78, 5) is 24.5. The minimum Gasteiger partial charge on any atom is -0.454 e. The van der Waals surface area contributed by atoms with Gasteiger partial charge in [-0.25, -0.2) is 9.48 Å². The highest BCUT2D eigenvalue weighted by atomic mass is 16.5. The topological polar surface area (TPSA) is 110 Å². The summed E-state index contributed by atoms with van der Waals surface area (Å²) in [7, 11) is 0. The molecule has 2 aromatic heterocycles. The SMILES string of the molecule is N#Cc1ccc(NC(=O)COC(=O)C=Cc2cn(-c3ccccc3)nc2-c2cc3ccccc3o2)cc1. The molecule has 2 heterocycles. The van der Waals surface area contributed by atoms with E-state index in [9.17, 15) is 9.59 Å². The number of nitriles is 1. The maximum Gasteiger partial charge on any atom is 0.331 e. The van der Waals surface area contributed by atoms with E-state index in [0.717, 1.165) is 16.7 Å². The van der Waals surface area contributed by atoms with Crippen LogP contribution in [-0.4, -0.2) is 28.3 Å². The summed E-state index contributed by atoms with van der Waals surface area (Å²) in [5.41, 5.74) is 3.76. The molecule has 5 rings (SSSR count). The largest absolute Gasteiger partial charge is 0.454 e. The zero-order chi connectivity index (χ0) is 25.6. The number of anilines is 1. The predicted molar refractivity (Wildman–Crippen MR) is 139 cm³/mol. The Morgan fingerprint density at radius 1 is 1.03 bits per heavy atom. The zero-order valence-electron chi connectivity index (χ0n) is 19.5. The quantitative estimate of drug-likeness (QED) is 0.244. The van der Waals surface area contributed by atoms with Crippen LogP contribution in [0.5, 0.6) is 0 Å². The number of carbonyl (C=O) groups is 2. The predicted octanol–water partition coefficient (Wildman–Crippen LogP) is 5.35. The van der Waals surface area contributed by atoms with Crippen molar-refractivity contribution in [2.45, 2.75) is 0 Å². The Balaban J connectivity index is 1.31. The first kappa shape index (κ1) is 23.3. The summed E-state index contributed by atoms with van der Waals surface area (Å²) in [6.07, 6.45) is 4.61. The maximum absolute atomic E-state index is 12.3. The standard InChI is InChI=1S/C29H20N4O4/c30-17-20-10-13-23(14-11-20)31-27(34)19-36-28(35)15-12-22-18-33(24-7-2-1-3-8-24)32-29(22)26-16-21-6-4-5-9-25(21)37-26/h1-16,18H,19H2,(H,31,34). The van der Waals surface area contributed by atoms with E-state index in [1.54, 1.807) is 41.2 Å². The van der Waals surface area contributed by atoms with E-state index in [2.05, 4.69) is 5.32 Å². The van der Waals surface area contributed by atoms with Crippen LogP contribution in [0.15, 0.2) is 102 Å². The number of ether oxygens (including phenoxy) is 1. The number of aromatic nitrogens is 2. The van der Waals surface area contributed by atoms with Crippen LogP contribution in [0.2, 0.25) is 0 Å². The molecule has 0 saturated carbocycles. The minimum atomic E-state index is -0.682. The molecule has 0 radical (unpaired) electrons. The molecule has 0 aliphatic carbocycles. The van der Waals surface area contributed by atoms with Crippen molar-refractivity contribution in [2.75, 3.05) is 11.9 Å². The van der Waals surface area contributed by atoms with Gasteiger partial charge in [0.1, 0.15) is 11.3 Å². The molecule has 0 saturated heterocycles. The molecule has 0 aliphatic rings. The summed E-state index contributed by atoms with van der Waals surface area (Å²) in [6.45, 7) is -0.455. The number of esters is 1. The zero-order valence-corrected chi connectivity index (χ0v) is 19.5. The third-order valence-electron chi connectivity index (χ3n) is 5.46. The number of nitrogens with one attached hydrogen (secondary N) is 1. The second-order valence-corrected chi connectivity index (χ2v) is 8.04. The van der Waals surface area contributed by atoms with Gasteiger partial charge in [0.2, 0.25) is 0 Å². The fourth-order valence-corrected chi connectivity index (χ4v) is 3.68. The lowest BCUT2D eigenvalue weighted by Gasteiger charge is -2.05. The number of rotatable bonds is 7. The van der Waals surface area contributed by atoms with Gasteiger partial charge >= 0.3 is 5.97 Å². The summed E-state index contributed by atoms with van der Waals surface area (Å²) < 4.78 is 12.8. The molecule has 8 heteroatoms. The Hall–Kier alpha value is -5.42. The van der Waals surface area contributed by atoms with Gasteiger partial charge in [0.15, 0.2) is 12.4 Å².